The topological polar surface area (TPSA) is 55.4 Å². The van der Waals surface area contributed by atoms with Crippen LogP contribution in [0.15, 0.2) is 29.2 Å². The number of nitrogens with one attached hydrogen (secondary N) is 1. The average Bonchev–Trinajstić information content (AvgIpc) is 2.67. The van der Waals surface area contributed by atoms with Gasteiger partial charge in [0.1, 0.15) is 4.32 Å². The van der Waals surface area contributed by atoms with E-state index in [0.29, 0.717) is 20.4 Å². The molecule has 1 aliphatic rings. The molecule has 1 amide bonds. The maximum Gasteiger partial charge on any atom is 0.338 e. The molecule has 2 rings (SSSR count). The molecule has 1 N–H and O–H groups in total. The van der Waals surface area contributed by atoms with Crippen molar-refractivity contribution in [2.75, 3.05) is 7.11 Å². The van der Waals surface area contributed by atoms with E-state index in [1.54, 1.807) is 30.3 Å². The highest BCUT2D eigenvalue weighted by Crippen LogP contribution is 2.26. The lowest BCUT2D eigenvalue weighted by Crippen LogP contribution is -2.17. The molecule has 1 aliphatic heterocycles. The minimum atomic E-state index is -0.437. The van der Waals surface area contributed by atoms with Crippen molar-refractivity contribution >= 4 is 46.3 Å². The molecule has 92 valence electrons. The van der Waals surface area contributed by atoms with Crippen molar-refractivity contribution in [3.05, 3.63) is 40.3 Å². The molecule has 0 unspecified atom stereocenters. The Morgan fingerprint density at radius 3 is 2.78 bits per heavy atom. The quantitative estimate of drug-likeness (QED) is 0.509. The van der Waals surface area contributed by atoms with Crippen LogP contribution < -0.4 is 5.32 Å². The van der Waals surface area contributed by atoms with Gasteiger partial charge in [-0.2, -0.15) is 0 Å². The normalized spacial score (nSPS) is 16.8. The minimum Gasteiger partial charge on any atom is -0.465 e. The summed E-state index contributed by atoms with van der Waals surface area (Å²) in [5, 5.41) is 2.52. The number of methoxy groups -OCH3 is 1. The van der Waals surface area contributed by atoms with Gasteiger partial charge < -0.3 is 10.1 Å². The maximum atomic E-state index is 11.6. The summed E-state index contributed by atoms with van der Waals surface area (Å²) in [6.45, 7) is 0. The van der Waals surface area contributed by atoms with Crippen molar-refractivity contribution in [3.63, 3.8) is 0 Å². The van der Waals surface area contributed by atoms with E-state index >= 15 is 0 Å². The Hall–Kier alpha value is -1.66. The number of benzene rings is 1. The molecule has 1 heterocycles. The molecule has 0 aliphatic carbocycles. The van der Waals surface area contributed by atoms with Gasteiger partial charge in [0.25, 0.3) is 5.91 Å². The lowest BCUT2D eigenvalue weighted by molar-refractivity contribution is -0.115. The van der Waals surface area contributed by atoms with Crippen molar-refractivity contribution in [3.8, 4) is 0 Å². The first-order valence-electron chi connectivity index (χ1n) is 5.04. The molecule has 1 aromatic rings. The molecule has 0 atom stereocenters. The van der Waals surface area contributed by atoms with Gasteiger partial charge in [-0.05, 0) is 17.7 Å². The fourth-order valence-corrected chi connectivity index (χ4v) is 2.52. The number of ether oxygens (including phenoxy) is 1. The summed E-state index contributed by atoms with van der Waals surface area (Å²) in [6.07, 6.45) is 1.63. The Balaban J connectivity index is 2.40. The van der Waals surface area contributed by atoms with E-state index in [-0.39, 0.29) is 5.91 Å². The summed E-state index contributed by atoms with van der Waals surface area (Å²) in [7, 11) is 1.32. The summed E-state index contributed by atoms with van der Waals surface area (Å²) >= 11 is 6.07. The van der Waals surface area contributed by atoms with E-state index in [1.807, 2.05) is 0 Å². The molecule has 1 saturated heterocycles. The number of hydrogen-bond acceptors (Lipinski definition) is 5. The summed E-state index contributed by atoms with van der Waals surface area (Å²) < 4.78 is 5.11. The number of thioether (sulfide) groups is 1. The summed E-state index contributed by atoms with van der Waals surface area (Å²) in [4.78, 5) is 23.6. The third-order valence-corrected chi connectivity index (χ3v) is 3.46. The van der Waals surface area contributed by atoms with Gasteiger partial charge in [-0.15, -0.1) is 0 Å². The highest BCUT2D eigenvalue weighted by Gasteiger charge is 2.22. The smallest absolute Gasteiger partial charge is 0.338 e. The lowest BCUT2D eigenvalue weighted by Gasteiger charge is -2.03. The van der Waals surface area contributed by atoms with Crippen molar-refractivity contribution in [1.29, 1.82) is 0 Å². The van der Waals surface area contributed by atoms with Crippen LogP contribution >= 0.6 is 24.0 Å². The van der Waals surface area contributed by atoms with Crippen molar-refractivity contribution in [2.45, 2.75) is 0 Å². The second-order valence-corrected chi connectivity index (χ2v) is 5.15. The zero-order chi connectivity index (χ0) is 13.1. The minimum absolute atomic E-state index is 0.246. The molecule has 0 radical (unpaired) electrons. The van der Waals surface area contributed by atoms with E-state index in [1.165, 1.54) is 18.9 Å². The second kappa shape index (κ2) is 5.32. The molecule has 4 nitrogen and oxygen atoms in total. The van der Waals surface area contributed by atoms with E-state index in [2.05, 4.69) is 10.1 Å². The standard InChI is InChI=1S/C12H9NO3S2/c1-16-11(15)8-5-3-2-4-7(8)6-9-10(14)13-12(17)18-9/h2-6H,1H3,(H,13,14,17). The summed E-state index contributed by atoms with van der Waals surface area (Å²) in [5.74, 6) is -0.682. The zero-order valence-electron chi connectivity index (χ0n) is 9.43. The van der Waals surface area contributed by atoms with Crippen LogP contribution in [-0.4, -0.2) is 23.3 Å². The summed E-state index contributed by atoms with van der Waals surface area (Å²) in [6, 6.07) is 6.91. The number of rotatable bonds is 2. The fourth-order valence-electron chi connectivity index (χ4n) is 1.48. The molecular weight excluding hydrogens is 270 g/mol. The predicted octanol–water partition coefficient (Wildman–Crippen LogP) is 1.96. The molecule has 0 spiro atoms. The van der Waals surface area contributed by atoms with Crippen molar-refractivity contribution in [1.82, 2.24) is 5.32 Å². The zero-order valence-corrected chi connectivity index (χ0v) is 11.1. The Kier molecular flexibility index (Phi) is 3.78. The van der Waals surface area contributed by atoms with Crippen LogP contribution in [0.25, 0.3) is 6.08 Å². The van der Waals surface area contributed by atoms with Gasteiger partial charge in [-0.3, -0.25) is 4.79 Å². The molecular formula is C12H9NO3S2. The van der Waals surface area contributed by atoms with E-state index in [4.69, 9.17) is 12.2 Å². The molecule has 1 fully saturated rings. The first-order chi connectivity index (χ1) is 8.61. The highest BCUT2D eigenvalue weighted by atomic mass is 32.2. The Bertz CT molecular complexity index is 566. The van der Waals surface area contributed by atoms with Crippen LogP contribution in [0.3, 0.4) is 0 Å². The molecule has 18 heavy (non-hydrogen) atoms. The first kappa shape index (κ1) is 12.8. The average molecular weight is 279 g/mol. The SMILES string of the molecule is COC(=O)c1ccccc1C=C1SC(=S)NC1=O. The van der Waals surface area contributed by atoms with E-state index < -0.39 is 5.97 Å². The third-order valence-electron chi connectivity index (χ3n) is 2.29. The number of carbonyl (C=O) groups excluding carboxylic acids is 2. The molecule has 0 aromatic heterocycles. The van der Waals surface area contributed by atoms with Gasteiger partial charge in [0.15, 0.2) is 0 Å². The number of esters is 1. The largest absolute Gasteiger partial charge is 0.465 e. The molecule has 1 aromatic carbocycles. The number of amides is 1. The van der Waals surface area contributed by atoms with Gasteiger partial charge >= 0.3 is 5.97 Å². The van der Waals surface area contributed by atoms with Crippen LogP contribution in [0.5, 0.6) is 0 Å². The van der Waals surface area contributed by atoms with Crippen molar-refractivity contribution < 1.29 is 14.3 Å². The number of thiocarbonyl (C=S) groups is 1. The van der Waals surface area contributed by atoms with Crippen LogP contribution in [-0.2, 0) is 9.53 Å². The fraction of sp³-hybridized carbons (Fsp3) is 0.0833. The van der Waals surface area contributed by atoms with Crippen LogP contribution in [0.2, 0.25) is 0 Å². The maximum absolute atomic E-state index is 11.6. The predicted molar refractivity (Wildman–Crippen MR) is 74.1 cm³/mol. The monoisotopic (exact) mass is 279 g/mol. The number of hydrogen-bond donors (Lipinski definition) is 1. The van der Waals surface area contributed by atoms with Gasteiger partial charge in [-0.25, -0.2) is 4.79 Å². The van der Waals surface area contributed by atoms with E-state index in [9.17, 15) is 9.59 Å². The van der Waals surface area contributed by atoms with Crippen LogP contribution in [0.4, 0.5) is 0 Å². The second-order valence-electron chi connectivity index (χ2n) is 3.43. The number of carbonyl (C=O) groups is 2. The Labute approximate surface area is 113 Å². The molecule has 0 saturated carbocycles. The van der Waals surface area contributed by atoms with E-state index in [0.717, 1.165) is 0 Å². The molecule has 0 bridgehead atoms. The van der Waals surface area contributed by atoms with Gasteiger partial charge in [0, 0.05) is 0 Å². The van der Waals surface area contributed by atoms with Crippen molar-refractivity contribution in [2.24, 2.45) is 0 Å². The summed E-state index contributed by atoms with van der Waals surface area (Å²) in [5.41, 5.74) is 1.05. The lowest BCUT2D eigenvalue weighted by atomic mass is 10.1. The molecule has 6 heteroatoms. The van der Waals surface area contributed by atoms with Gasteiger partial charge in [-0.1, -0.05) is 42.2 Å². The van der Waals surface area contributed by atoms with Crippen LogP contribution in [0, 0.1) is 0 Å². The van der Waals surface area contributed by atoms with Crippen LogP contribution in [0.1, 0.15) is 15.9 Å². The van der Waals surface area contributed by atoms with Gasteiger partial charge in [0.2, 0.25) is 0 Å². The Morgan fingerprint density at radius 1 is 1.44 bits per heavy atom. The third kappa shape index (κ3) is 2.60. The highest BCUT2D eigenvalue weighted by molar-refractivity contribution is 8.26. The first-order valence-corrected chi connectivity index (χ1v) is 6.26. The Morgan fingerprint density at radius 2 is 2.17 bits per heavy atom. The van der Waals surface area contributed by atoms with Gasteiger partial charge in [0.05, 0.1) is 17.6 Å².